The van der Waals surface area contributed by atoms with Crippen LogP contribution >= 0.6 is 11.8 Å². The summed E-state index contributed by atoms with van der Waals surface area (Å²) in [6.45, 7) is 8.91. The van der Waals surface area contributed by atoms with Crippen molar-refractivity contribution in [2.75, 3.05) is 59.2 Å². The predicted octanol–water partition coefficient (Wildman–Crippen LogP) is 0.925. The molecular weight excluding hydrogens is 494 g/mol. The van der Waals surface area contributed by atoms with E-state index in [0.717, 1.165) is 26.1 Å². The van der Waals surface area contributed by atoms with Crippen molar-refractivity contribution in [3.8, 4) is 0 Å². The summed E-state index contributed by atoms with van der Waals surface area (Å²) >= 11 is 1.55. The highest BCUT2D eigenvalue weighted by Gasteiger charge is 2.71. The summed E-state index contributed by atoms with van der Waals surface area (Å²) in [5, 5.41) is 10.2. The van der Waals surface area contributed by atoms with Crippen molar-refractivity contribution in [2.45, 2.75) is 48.8 Å². The first-order chi connectivity index (χ1) is 17.9. The number of cyclic esters (lactones) is 1. The Morgan fingerprint density at radius 1 is 1.14 bits per heavy atom. The number of nitrogens with zero attached hydrogens (tertiary/aromatic N) is 3. The third-order valence-corrected chi connectivity index (χ3v) is 10.5. The molecule has 3 fully saturated rings. The van der Waals surface area contributed by atoms with E-state index in [9.17, 15) is 19.5 Å². The van der Waals surface area contributed by atoms with E-state index in [0.29, 0.717) is 39.3 Å². The van der Waals surface area contributed by atoms with Crippen molar-refractivity contribution in [1.82, 2.24) is 14.7 Å². The van der Waals surface area contributed by atoms with Gasteiger partial charge in [-0.2, -0.15) is 0 Å². The van der Waals surface area contributed by atoms with Crippen LogP contribution in [-0.4, -0.2) is 119 Å². The summed E-state index contributed by atoms with van der Waals surface area (Å²) < 4.78 is 10.1. The van der Waals surface area contributed by atoms with Crippen molar-refractivity contribution in [3.05, 3.63) is 24.3 Å². The van der Waals surface area contributed by atoms with Crippen LogP contribution in [0.15, 0.2) is 24.3 Å². The van der Waals surface area contributed by atoms with Gasteiger partial charge in [-0.15, -0.1) is 11.8 Å². The maximum atomic E-state index is 14.4. The minimum atomic E-state index is -0.883. The number of esters is 1. The molecule has 10 heteroatoms. The smallest absolute Gasteiger partial charge is 0.311 e. The SMILES string of the molecule is CC[C@H](C)[C@H](CO)N1C(=O)[C@@H]2[C@@H]3C(=O)OCCC=C[C@@H]3S[C@@]23C=CCN(CCN2CCOCC2)C(=O)C13. The lowest BCUT2D eigenvalue weighted by Gasteiger charge is -2.40. The van der Waals surface area contributed by atoms with Gasteiger partial charge in [-0.05, 0) is 12.3 Å². The van der Waals surface area contributed by atoms with Crippen molar-refractivity contribution in [3.63, 3.8) is 0 Å². The first-order valence-electron chi connectivity index (χ1n) is 13.6. The van der Waals surface area contributed by atoms with E-state index in [1.54, 1.807) is 16.7 Å². The van der Waals surface area contributed by atoms with Gasteiger partial charge in [-0.1, -0.05) is 44.6 Å². The van der Waals surface area contributed by atoms with Gasteiger partial charge in [0.15, 0.2) is 0 Å². The van der Waals surface area contributed by atoms with Gasteiger partial charge in [-0.3, -0.25) is 19.3 Å². The van der Waals surface area contributed by atoms with Gasteiger partial charge in [0, 0.05) is 38.0 Å². The van der Waals surface area contributed by atoms with E-state index >= 15 is 0 Å². The number of hydrogen-bond acceptors (Lipinski definition) is 8. The fraction of sp³-hybridized carbons (Fsp3) is 0.741. The first-order valence-corrected chi connectivity index (χ1v) is 14.5. The molecule has 5 aliphatic rings. The number of aliphatic hydroxyl groups is 1. The molecule has 9 nitrogen and oxygen atoms in total. The monoisotopic (exact) mass is 533 g/mol. The topological polar surface area (TPSA) is 99.6 Å². The Morgan fingerprint density at radius 2 is 1.92 bits per heavy atom. The second-order valence-electron chi connectivity index (χ2n) is 10.7. The number of aliphatic hydroxyl groups excluding tert-OH is 1. The standard InChI is InChI=1S/C27H39N3O6S/c1-3-18(2)19(17-31)30-23-25(33)29(11-10-28-12-15-35-16-13-28)9-6-8-27(23)22(24(30)32)21-20(37-27)7-4-5-14-36-26(21)34/h4,6-8,18-23,31H,3,5,9-17H2,1-2H3/t18-,19-,20-,21+,22-,23?,27-/m0/s1. The van der Waals surface area contributed by atoms with E-state index < -0.39 is 28.7 Å². The third kappa shape index (κ3) is 4.64. The number of thioether (sulfide) groups is 1. The molecule has 3 saturated heterocycles. The van der Waals surface area contributed by atoms with E-state index in [4.69, 9.17) is 9.47 Å². The van der Waals surface area contributed by atoms with Gasteiger partial charge >= 0.3 is 5.97 Å². The third-order valence-electron chi connectivity index (χ3n) is 8.78. The van der Waals surface area contributed by atoms with Gasteiger partial charge in [0.2, 0.25) is 11.8 Å². The molecular formula is C27H39N3O6S. The number of carbonyl (C=O) groups excluding carboxylic acids is 3. The molecule has 2 amide bonds. The summed E-state index contributed by atoms with van der Waals surface area (Å²) in [6.07, 6.45) is 9.46. The Bertz CT molecular complexity index is 952. The molecule has 37 heavy (non-hydrogen) atoms. The molecule has 5 rings (SSSR count). The Kier molecular flexibility index (Phi) is 8.00. The van der Waals surface area contributed by atoms with E-state index in [1.807, 2.05) is 43.1 Å². The first kappa shape index (κ1) is 26.7. The lowest BCUT2D eigenvalue weighted by molar-refractivity contribution is -0.154. The molecule has 0 radical (unpaired) electrons. The van der Waals surface area contributed by atoms with Crippen molar-refractivity contribution < 1.29 is 29.0 Å². The van der Waals surface area contributed by atoms with Crippen LogP contribution in [0.5, 0.6) is 0 Å². The lowest BCUT2D eigenvalue weighted by Crippen LogP contribution is -2.58. The number of rotatable bonds is 7. The molecule has 0 aliphatic carbocycles. The Morgan fingerprint density at radius 3 is 2.65 bits per heavy atom. The average molecular weight is 534 g/mol. The lowest BCUT2D eigenvalue weighted by atomic mass is 9.78. The van der Waals surface area contributed by atoms with Gasteiger partial charge in [-0.25, -0.2) is 0 Å². The molecule has 0 aromatic heterocycles. The number of likely N-dealkylation sites (tertiary alicyclic amines) is 1. The fourth-order valence-electron chi connectivity index (χ4n) is 6.55. The highest BCUT2D eigenvalue weighted by molar-refractivity contribution is 8.02. The maximum absolute atomic E-state index is 14.4. The molecule has 5 aliphatic heterocycles. The molecule has 0 aromatic rings. The maximum Gasteiger partial charge on any atom is 0.311 e. The van der Waals surface area contributed by atoms with Crippen molar-refractivity contribution in [2.24, 2.45) is 17.8 Å². The van der Waals surface area contributed by atoms with Gasteiger partial charge in [0.1, 0.15) is 6.04 Å². The Labute approximate surface area is 223 Å². The highest BCUT2D eigenvalue weighted by Crippen LogP contribution is 2.61. The second kappa shape index (κ2) is 11.1. The number of carbonyl (C=O) groups is 3. The van der Waals surface area contributed by atoms with Crippen LogP contribution in [0.1, 0.15) is 26.7 Å². The molecule has 5 heterocycles. The minimum absolute atomic E-state index is 0.00311. The number of fused-ring (bicyclic) bond motifs is 2. The van der Waals surface area contributed by atoms with Crippen molar-refractivity contribution >= 4 is 29.5 Å². The number of ether oxygens (including phenoxy) is 2. The van der Waals surface area contributed by atoms with E-state index in [-0.39, 0.29) is 35.6 Å². The predicted molar refractivity (Wildman–Crippen MR) is 140 cm³/mol. The fourth-order valence-corrected chi connectivity index (χ4v) is 8.54. The largest absolute Gasteiger partial charge is 0.465 e. The molecule has 0 bridgehead atoms. The van der Waals surface area contributed by atoms with Crippen LogP contribution in [0.3, 0.4) is 0 Å². The molecule has 1 N–H and O–H groups in total. The quantitative estimate of drug-likeness (QED) is 0.381. The van der Waals surface area contributed by atoms with Crippen LogP contribution in [0.25, 0.3) is 0 Å². The summed E-state index contributed by atoms with van der Waals surface area (Å²) in [5.74, 6) is -2.05. The number of morpholine rings is 1. The van der Waals surface area contributed by atoms with Gasteiger partial charge in [0.25, 0.3) is 0 Å². The molecule has 1 spiro atoms. The summed E-state index contributed by atoms with van der Waals surface area (Å²) in [6, 6.07) is -1.28. The Hall–Kier alpha value is -1.88. The molecule has 204 valence electrons. The average Bonchev–Trinajstić information content (AvgIpc) is 3.28. The summed E-state index contributed by atoms with van der Waals surface area (Å²) in [4.78, 5) is 47.7. The second-order valence-corrected chi connectivity index (χ2v) is 12.2. The van der Waals surface area contributed by atoms with Crippen molar-refractivity contribution in [1.29, 1.82) is 0 Å². The van der Waals surface area contributed by atoms with Crippen LogP contribution < -0.4 is 0 Å². The molecule has 1 unspecified atom stereocenters. The summed E-state index contributed by atoms with van der Waals surface area (Å²) in [7, 11) is 0. The van der Waals surface area contributed by atoms with E-state index in [1.165, 1.54) is 0 Å². The zero-order chi connectivity index (χ0) is 26.2. The molecule has 0 aromatic carbocycles. The summed E-state index contributed by atoms with van der Waals surface area (Å²) in [5.41, 5.74) is 0. The number of amides is 2. The molecule has 7 atom stereocenters. The zero-order valence-electron chi connectivity index (χ0n) is 21.8. The Balaban J connectivity index is 1.52. The van der Waals surface area contributed by atoms with Crippen LogP contribution in [-0.2, 0) is 23.9 Å². The van der Waals surface area contributed by atoms with Gasteiger partial charge in [0.05, 0.1) is 49.1 Å². The minimum Gasteiger partial charge on any atom is -0.465 e. The highest BCUT2D eigenvalue weighted by atomic mass is 32.2. The van der Waals surface area contributed by atoms with Crippen LogP contribution in [0.2, 0.25) is 0 Å². The van der Waals surface area contributed by atoms with Crippen LogP contribution in [0, 0.1) is 17.8 Å². The van der Waals surface area contributed by atoms with E-state index in [2.05, 4.69) is 4.90 Å². The van der Waals surface area contributed by atoms with Crippen LogP contribution in [0.4, 0.5) is 0 Å². The number of hydrogen-bond donors (Lipinski definition) is 1. The molecule has 0 saturated carbocycles. The van der Waals surface area contributed by atoms with Gasteiger partial charge < -0.3 is 24.4 Å². The zero-order valence-corrected chi connectivity index (χ0v) is 22.6. The normalized spacial score (nSPS) is 35.8.